The van der Waals surface area contributed by atoms with Crippen molar-refractivity contribution < 1.29 is 15.0 Å². The molecule has 6 nitrogen and oxygen atoms in total. The first-order valence-electron chi connectivity index (χ1n) is 5.87. The summed E-state index contributed by atoms with van der Waals surface area (Å²) in [4.78, 5) is 25.2. The fourth-order valence-corrected chi connectivity index (χ4v) is 2.11. The van der Waals surface area contributed by atoms with E-state index < -0.39 is 23.2 Å². The van der Waals surface area contributed by atoms with Crippen LogP contribution in [0.3, 0.4) is 0 Å². The van der Waals surface area contributed by atoms with Crippen molar-refractivity contribution in [1.82, 2.24) is 9.47 Å². The lowest BCUT2D eigenvalue weighted by molar-refractivity contribution is 0.0787. The first-order valence-corrected chi connectivity index (χ1v) is 5.87. The van der Waals surface area contributed by atoms with Crippen molar-refractivity contribution in [2.45, 2.75) is 26.0 Å². The minimum absolute atomic E-state index is 0.0293. The topological polar surface area (TPSA) is 82.8 Å². The maximum absolute atomic E-state index is 12.1. The number of amides is 1. The second kappa shape index (κ2) is 4.45. The second-order valence-corrected chi connectivity index (χ2v) is 4.41. The third kappa shape index (κ3) is 1.78. The van der Waals surface area contributed by atoms with Crippen LogP contribution >= 0.6 is 0 Å². The Morgan fingerprint density at radius 1 is 1.61 bits per heavy atom. The van der Waals surface area contributed by atoms with E-state index in [9.17, 15) is 19.8 Å². The van der Waals surface area contributed by atoms with E-state index in [2.05, 4.69) is 0 Å². The Bertz CT molecular complexity index is 550. The van der Waals surface area contributed by atoms with E-state index in [1.807, 2.05) is 0 Å². The van der Waals surface area contributed by atoms with E-state index in [1.54, 1.807) is 14.0 Å². The Hall–Kier alpha value is -1.82. The number of aromatic nitrogens is 1. The zero-order valence-corrected chi connectivity index (χ0v) is 10.4. The Kier molecular flexibility index (Phi) is 3.13. The van der Waals surface area contributed by atoms with Crippen LogP contribution in [0.1, 0.15) is 35.6 Å². The van der Waals surface area contributed by atoms with Crippen molar-refractivity contribution in [1.29, 1.82) is 0 Å². The molecule has 1 amide bonds. The summed E-state index contributed by atoms with van der Waals surface area (Å²) in [5, 5.41) is 19.5. The maximum Gasteiger partial charge on any atom is 0.274 e. The van der Waals surface area contributed by atoms with E-state index >= 15 is 0 Å². The lowest BCUT2D eigenvalue weighted by Gasteiger charge is -2.19. The largest absolute Gasteiger partial charge is 0.503 e. The number of aliphatic hydroxyl groups is 1. The summed E-state index contributed by atoms with van der Waals surface area (Å²) < 4.78 is 1.52. The molecule has 2 heterocycles. The number of rotatable bonds is 2. The summed E-state index contributed by atoms with van der Waals surface area (Å²) >= 11 is 0. The molecule has 0 bridgehead atoms. The smallest absolute Gasteiger partial charge is 0.274 e. The highest BCUT2D eigenvalue weighted by Gasteiger charge is 2.29. The summed E-state index contributed by atoms with van der Waals surface area (Å²) in [5.74, 6) is -0.957. The lowest BCUT2D eigenvalue weighted by Crippen LogP contribution is -2.31. The standard InChI is InChI=1S/C12H16N2O4/c1-3-13(2)12(18)10-11(17)9(16)6-7-8(15)4-5-14(7)10/h6,8,15,17H,3-5H2,1-2H3. The first-order chi connectivity index (χ1) is 8.47. The molecule has 0 aliphatic carbocycles. The minimum Gasteiger partial charge on any atom is -0.503 e. The fraction of sp³-hybridized carbons (Fsp3) is 0.500. The Morgan fingerprint density at radius 2 is 2.28 bits per heavy atom. The number of hydrogen-bond acceptors (Lipinski definition) is 4. The van der Waals surface area contributed by atoms with E-state index in [-0.39, 0.29) is 5.69 Å². The highest BCUT2D eigenvalue weighted by atomic mass is 16.3. The molecule has 1 aromatic rings. The van der Waals surface area contributed by atoms with Crippen LogP contribution < -0.4 is 5.43 Å². The molecule has 2 N–H and O–H groups in total. The zero-order chi connectivity index (χ0) is 13.4. The van der Waals surface area contributed by atoms with Crippen molar-refractivity contribution >= 4 is 5.91 Å². The average molecular weight is 252 g/mol. The number of nitrogens with zero attached hydrogens (tertiary/aromatic N) is 2. The molecule has 1 aliphatic heterocycles. The van der Waals surface area contributed by atoms with Gasteiger partial charge in [-0.2, -0.15) is 0 Å². The van der Waals surface area contributed by atoms with Gasteiger partial charge in [0.05, 0.1) is 11.8 Å². The second-order valence-electron chi connectivity index (χ2n) is 4.41. The van der Waals surface area contributed by atoms with Gasteiger partial charge in [0.1, 0.15) is 0 Å². The quantitative estimate of drug-likeness (QED) is 0.781. The van der Waals surface area contributed by atoms with E-state index in [4.69, 9.17) is 0 Å². The number of aliphatic hydroxyl groups excluding tert-OH is 1. The number of pyridine rings is 1. The molecule has 6 heteroatoms. The predicted octanol–water partition coefficient (Wildman–Crippen LogP) is 0.0829. The Labute approximate surface area is 104 Å². The molecule has 1 aromatic heterocycles. The van der Waals surface area contributed by atoms with Gasteiger partial charge in [0, 0.05) is 26.2 Å². The molecule has 98 valence electrons. The number of carbonyl (C=O) groups is 1. The summed E-state index contributed by atoms with van der Waals surface area (Å²) in [5.41, 5.74) is -0.265. The van der Waals surface area contributed by atoms with E-state index in [0.717, 1.165) is 0 Å². The van der Waals surface area contributed by atoms with Crippen LogP contribution in [0, 0.1) is 0 Å². The van der Waals surface area contributed by atoms with Crippen molar-refractivity contribution in [3.8, 4) is 5.75 Å². The number of carbonyl (C=O) groups excluding carboxylic acids is 1. The van der Waals surface area contributed by atoms with Gasteiger partial charge in [0.2, 0.25) is 5.43 Å². The van der Waals surface area contributed by atoms with Gasteiger partial charge in [0.15, 0.2) is 11.4 Å². The molecule has 1 unspecified atom stereocenters. The monoisotopic (exact) mass is 252 g/mol. The van der Waals surface area contributed by atoms with Crippen LogP contribution in [0.15, 0.2) is 10.9 Å². The molecule has 0 spiro atoms. The normalized spacial score (nSPS) is 17.6. The molecule has 0 saturated carbocycles. The van der Waals surface area contributed by atoms with Crippen LogP contribution in [0.5, 0.6) is 5.75 Å². The van der Waals surface area contributed by atoms with E-state index in [0.29, 0.717) is 25.2 Å². The summed E-state index contributed by atoms with van der Waals surface area (Å²) in [6, 6.07) is 1.19. The van der Waals surface area contributed by atoms with Crippen LogP contribution in [-0.4, -0.2) is 39.2 Å². The number of hydrogen-bond donors (Lipinski definition) is 2. The van der Waals surface area contributed by atoms with Gasteiger partial charge in [0.25, 0.3) is 5.91 Å². The van der Waals surface area contributed by atoms with Gasteiger partial charge in [-0.05, 0) is 13.3 Å². The van der Waals surface area contributed by atoms with Gasteiger partial charge in [-0.1, -0.05) is 0 Å². The summed E-state index contributed by atoms with van der Waals surface area (Å²) in [6.45, 7) is 2.69. The molecular weight excluding hydrogens is 236 g/mol. The molecule has 1 atom stereocenters. The lowest BCUT2D eigenvalue weighted by atomic mass is 10.2. The fourth-order valence-electron chi connectivity index (χ4n) is 2.11. The van der Waals surface area contributed by atoms with Gasteiger partial charge >= 0.3 is 0 Å². The van der Waals surface area contributed by atoms with Crippen molar-refractivity contribution in [3.05, 3.63) is 27.7 Å². The molecule has 2 rings (SSSR count). The Morgan fingerprint density at radius 3 is 2.89 bits per heavy atom. The minimum atomic E-state index is -0.753. The molecule has 1 aliphatic rings. The van der Waals surface area contributed by atoms with E-state index in [1.165, 1.54) is 15.5 Å². The maximum atomic E-state index is 12.1. The highest BCUT2D eigenvalue weighted by Crippen LogP contribution is 2.29. The molecule has 0 saturated heterocycles. The number of fused-ring (bicyclic) bond motifs is 1. The molecule has 0 fully saturated rings. The first kappa shape index (κ1) is 12.6. The highest BCUT2D eigenvalue weighted by molar-refractivity contribution is 5.95. The van der Waals surface area contributed by atoms with Gasteiger partial charge in [-0.15, -0.1) is 0 Å². The van der Waals surface area contributed by atoms with Crippen LogP contribution in [0.4, 0.5) is 0 Å². The third-order valence-corrected chi connectivity index (χ3v) is 3.31. The Balaban J connectivity index is 2.64. The van der Waals surface area contributed by atoms with Gasteiger partial charge in [-0.25, -0.2) is 0 Å². The van der Waals surface area contributed by atoms with Crippen LogP contribution in [-0.2, 0) is 6.54 Å². The summed E-state index contributed by atoms with van der Waals surface area (Å²) in [7, 11) is 1.59. The van der Waals surface area contributed by atoms with Crippen LogP contribution in [0.2, 0.25) is 0 Å². The molecule has 0 aromatic carbocycles. The predicted molar refractivity (Wildman–Crippen MR) is 64.6 cm³/mol. The zero-order valence-electron chi connectivity index (χ0n) is 10.4. The molecule has 0 radical (unpaired) electrons. The van der Waals surface area contributed by atoms with Crippen LogP contribution in [0.25, 0.3) is 0 Å². The average Bonchev–Trinajstić information content (AvgIpc) is 2.70. The molecule has 18 heavy (non-hydrogen) atoms. The van der Waals surface area contributed by atoms with Crippen molar-refractivity contribution in [2.24, 2.45) is 0 Å². The van der Waals surface area contributed by atoms with Crippen molar-refractivity contribution in [3.63, 3.8) is 0 Å². The number of aromatic hydroxyl groups is 1. The van der Waals surface area contributed by atoms with Gasteiger partial charge in [-0.3, -0.25) is 9.59 Å². The SMILES string of the molecule is CCN(C)C(=O)c1c(O)c(=O)cc2n1CCC2O. The van der Waals surface area contributed by atoms with Gasteiger partial charge < -0.3 is 19.7 Å². The molecular formula is C12H16N2O4. The summed E-state index contributed by atoms with van der Waals surface area (Å²) in [6.07, 6.45) is -0.310. The van der Waals surface area contributed by atoms with Crippen molar-refractivity contribution in [2.75, 3.05) is 13.6 Å². The third-order valence-electron chi connectivity index (χ3n) is 3.31.